The van der Waals surface area contributed by atoms with E-state index in [0.29, 0.717) is 16.2 Å². The lowest BCUT2D eigenvalue weighted by Gasteiger charge is -2.10. The lowest BCUT2D eigenvalue weighted by atomic mass is 10.2. The number of hydrogen-bond donors (Lipinski definition) is 0. The number of ether oxygens (including phenoxy) is 1. The molecule has 0 unspecified atom stereocenters. The van der Waals surface area contributed by atoms with E-state index >= 15 is 0 Å². The van der Waals surface area contributed by atoms with Gasteiger partial charge in [0.25, 0.3) is 0 Å². The number of carbonyl (C=O) groups is 1. The Balaban J connectivity index is 2.36. The molecule has 0 fully saturated rings. The first-order valence-electron chi connectivity index (χ1n) is 6.72. The molecule has 0 aliphatic rings. The van der Waals surface area contributed by atoms with Crippen LogP contribution >= 0.6 is 11.3 Å². The molecule has 0 radical (unpaired) electrons. The Bertz CT molecular complexity index is 900. The topological polar surface area (TPSA) is 74.1 Å². The quantitative estimate of drug-likeness (QED) is 0.694. The largest absolute Gasteiger partial charge is 0.462 e. The maximum atomic E-state index is 12.5. The van der Waals surface area contributed by atoms with Crippen molar-refractivity contribution >= 4 is 28.3 Å². The van der Waals surface area contributed by atoms with Gasteiger partial charge in [0, 0.05) is 23.5 Å². The van der Waals surface area contributed by atoms with Crippen molar-refractivity contribution in [2.75, 3.05) is 6.61 Å². The zero-order chi connectivity index (χ0) is 15.7. The molecule has 0 amide bonds. The molecule has 0 atom stereocenters. The van der Waals surface area contributed by atoms with E-state index < -0.39 is 5.97 Å². The van der Waals surface area contributed by atoms with E-state index in [0.717, 1.165) is 5.69 Å². The van der Waals surface area contributed by atoms with Crippen molar-refractivity contribution in [3.05, 3.63) is 51.4 Å². The first-order chi connectivity index (χ1) is 10.6. The molecule has 22 heavy (non-hydrogen) atoms. The van der Waals surface area contributed by atoms with Gasteiger partial charge in [-0.15, -0.1) is 11.3 Å². The number of hydrogen-bond acceptors (Lipinski definition) is 6. The maximum Gasteiger partial charge on any atom is 0.343 e. The smallest absolute Gasteiger partial charge is 0.343 e. The summed E-state index contributed by atoms with van der Waals surface area (Å²) in [4.78, 5) is 33.2. The van der Waals surface area contributed by atoms with E-state index in [9.17, 15) is 9.59 Å². The van der Waals surface area contributed by atoms with Crippen LogP contribution in [-0.4, -0.2) is 27.1 Å². The van der Waals surface area contributed by atoms with Gasteiger partial charge in [-0.25, -0.2) is 14.8 Å². The second-order valence-corrected chi connectivity index (χ2v) is 5.47. The highest BCUT2D eigenvalue weighted by Gasteiger charge is 2.18. The van der Waals surface area contributed by atoms with E-state index in [1.807, 2.05) is 12.3 Å². The second-order valence-electron chi connectivity index (χ2n) is 4.60. The van der Waals surface area contributed by atoms with Crippen molar-refractivity contribution in [3.63, 3.8) is 0 Å². The Hall–Kier alpha value is -2.54. The molecule has 0 aromatic carbocycles. The number of rotatable bonds is 3. The Kier molecular flexibility index (Phi) is 3.72. The summed E-state index contributed by atoms with van der Waals surface area (Å²) in [6.45, 7) is 3.75. The van der Waals surface area contributed by atoms with Crippen LogP contribution in [0.2, 0.25) is 0 Å². The summed E-state index contributed by atoms with van der Waals surface area (Å²) >= 11 is 1.39. The van der Waals surface area contributed by atoms with Crippen LogP contribution < -0.4 is 5.43 Å². The van der Waals surface area contributed by atoms with E-state index in [1.54, 1.807) is 29.8 Å². The number of fused-ring (bicyclic) bond motifs is 1. The third kappa shape index (κ3) is 2.39. The minimum absolute atomic E-state index is 0.0183. The molecular formula is C15H13N3O3S. The van der Waals surface area contributed by atoms with Gasteiger partial charge in [-0.2, -0.15) is 0 Å². The molecule has 6 nitrogen and oxygen atoms in total. The Morgan fingerprint density at radius 1 is 1.41 bits per heavy atom. The highest BCUT2D eigenvalue weighted by molar-refractivity contribution is 7.12. The highest BCUT2D eigenvalue weighted by atomic mass is 32.1. The van der Waals surface area contributed by atoms with Gasteiger partial charge in [0.1, 0.15) is 11.2 Å². The van der Waals surface area contributed by atoms with Crippen LogP contribution in [0.4, 0.5) is 0 Å². The molecule has 3 heterocycles. The summed E-state index contributed by atoms with van der Waals surface area (Å²) in [5.41, 5.74) is 0.859. The molecule has 7 heteroatoms. The van der Waals surface area contributed by atoms with Crippen molar-refractivity contribution in [3.8, 4) is 5.13 Å². The van der Waals surface area contributed by atoms with Crippen LogP contribution in [0.25, 0.3) is 16.2 Å². The lowest BCUT2D eigenvalue weighted by molar-refractivity contribution is 0.0524. The fourth-order valence-electron chi connectivity index (χ4n) is 2.13. The van der Waals surface area contributed by atoms with Crippen molar-refractivity contribution in [1.82, 2.24) is 14.5 Å². The summed E-state index contributed by atoms with van der Waals surface area (Å²) in [5.74, 6) is -0.639. The van der Waals surface area contributed by atoms with Crippen LogP contribution in [0.5, 0.6) is 0 Å². The molecule has 3 aromatic rings. The summed E-state index contributed by atoms with van der Waals surface area (Å²) < 4.78 is 6.62. The monoisotopic (exact) mass is 315 g/mol. The number of thiazole rings is 1. The van der Waals surface area contributed by atoms with Gasteiger partial charge in [0.05, 0.1) is 12.0 Å². The van der Waals surface area contributed by atoms with Crippen molar-refractivity contribution in [1.29, 1.82) is 0 Å². The molecule has 0 N–H and O–H groups in total. The van der Waals surface area contributed by atoms with Crippen LogP contribution in [0.15, 0.2) is 34.7 Å². The van der Waals surface area contributed by atoms with E-state index in [1.165, 1.54) is 17.5 Å². The molecule has 3 aromatic heterocycles. The molecule has 0 saturated carbocycles. The third-order valence-electron chi connectivity index (χ3n) is 3.11. The first kappa shape index (κ1) is 14.4. The Labute approximate surface area is 130 Å². The number of esters is 1. The van der Waals surface area contributed by atoms with Gasteiger partial charge in [-0.1, -0.05) is 0 Å². The minimum Gasteiger partial charge on any atom is -0.462 e. The van der Waals surface area contributed by atoms with Crippen LogP contribution in [0, 0.1) is 6.92 Å². The number of carbonyl (C=O) groups excluding carboxylic acids is 1. The number of aryl methyl sites for hydroxylation is 1. The van der Waals surface area contributed by atoms with E-state index in [-0.39, 0.29) is 17.6 Å². The molecule has 0 aliphatic heterocycles. The van der Waals surface area contributed by atoms with Gasteiger partial charge in [0.2, 0.25) is 5.43 Å². The standard InChI is InChI=1S/C15H13N3O3S/c1-3-21-14(20)11-8-18(15-16-6-7-22-15)13-10(12(11)19)5-4-9(2)17-13/h4-8H,3H2,1-2H3. The summed E-state index contributed by atoms with van der Waals surface area (Å²) in [7, 11) is 0. The summed E-state index contributed by atoms with van der Waals surface area (Å²) in [6.07, 6.45) is 3.11. The van der Waals surface area contributed by atoms with Gasteiger partial charge in [-0.3, -0.25) is 9.36 Å². The number of nitrogens with zero attached hydrogens (tertiary/aromatic N) is 3. The molecule has 0 spiro atoms. The average Bonchev–Trinajstić information content (AvgIpc) is 3.01. The van der Waals surface area contributed by atoms with Crippen molar-refractivity contribution in [2.45, 2.75) is 13.8 Å². The van der Waals surface area contributed by atoms with Gasteiger partial charge >= 0.3 is 5.97 Å². The second kappa shape index (κ2) is 5.69. The summed E-state index contributed by atoms with van der Waals surface area (Å²) in [6, 6.07) is 3.41. The maximum absolute atomic E-state index is 12.5. The normalized spacial score (nSPS) is 10.8. The van der Waals surface area contributed by atoms with Crippen LogP contribution in [0.3, 0.4) is 0 Å². The molecular weight excluding hydrogens is 302 g/mol. The molecule has 0 aliphatic carbocycles. The van der Waals surface area contributed by atoms with E-state index in [2.05, 4.69) is 9.97 Å². The van der Waals surface area contributed by atoms with Crippen LogP contribution in [0.1, 0.15) is 23.0 Å². The van der Waals surface area contributed by atoms with Crippen molar-refractivity contribution in [2.24, 2.45) is 0 Å². The molecule has 0 saturated heterocycles. The zero-order valence-electron chi connectivity index (χ0n) is 12.1. The predicted octanol–water partition coefficient (Wildman–Crippen LogP) is 2.33. The fraction of sp³-hybridized carbons (Fsp3) is 0.200. The van der Waals surface area contributed by atoms with Gasteiger partial charge in [-0.05, 0) is 26.0 Å². The lowest BCUT2D eigenvalue weighted by Crippen LogP contribution is -2.21. The molecule has 3 rings (SSSR count). The molecule has 0 bridgehead atoms. The molecule has 112 valence electrons. The fourth-order valence-corrected chi connectivity index (χ4v) is 2.75. The minimum atomic E-state index is -0.639. The van der Waals surface area contributed by atoms with Gasteiger partial charge < -0.3 is 4.74 Å². The third-order valence-corrected chi connectivity index (χ3v) is 3.88. The predicted molar refractivity (Wildman–Crippen MR) is 83.7 cm³/mol. The first-order valence-corrected chi connectivity index (χ1v) is 7.59. The van der Waals surface area contributed by atoms with Crippen molar-refractivity contribution < 1.29 is 9.53 Å². The van der Waals surface area contributed by atoms with Gasteiger partial charge in [0.15, 0.2) is 5.13 Å². The zero-order valence-corrected chi connectivity index (χ0v) is 12.9. The Morgan fingerprint density at radius 3 is 2.91 bits per heavy atom. The summed E-state index contributed by atoms with van der Waals surface area (Å²) in [5, 5.41) is 2.82. The van der Waals surface area contributed by atoms with Crippen LogP contribution in [-0.2, 0) is 4.74 Å². The number of pyridine rings is 2. The highest BCUT2D eigenvalue weighted by Crippen LogP contribution is 2.18. The Morgan fingerprint density at radius 2 is 2.23 bits per heavy atom. The van der Waals surface area contributed by atoms with E-state index in [4.69, 9.17) is 4.74 Å². The SMILES string of the molecule is CCOC(=O)c1cn(-c2nccs2)c2nc(C)ccc2c1=O. The average molecular weight is 315 g/mol. The number of aromatic nitrogens is 3.